The highest BCUT2D eigenvalue weighted by molar-refractivity contribution is 7.16. The molecule has 3 aromatic rings. The van der Waals surface area contributed by atoms with E-state index in [0.29, 0.717) is 17.3 Å². The average molecular weight is 379 g/mol. The van der Waals surface area contributed by atoms with Crippen LogP contribution in [0.1, 0.15) is 10.4 Å². The molecule has 0 unspecified atom stereocenters. The highest BCUT2D eigenvalue weighted by atomic mass is 32.1. The van der Waals surface area contributed by atoms with Crippen molar-refractivity contribution in [3.63, 3.8) is 0 Å². The number of carbonyl (C=O) groups excluding carboxylic acids is 1. The van der Waals surface area contributed by atoms with Crippen LogP contribution in [-0.4, -0.2) is 15.8 Å². The summed E-state index contributed by atoms with van der Waals surface area (Å²) in [7, 11) is 0. The van der Waals surface area contributed by atoms with Gasteiger partial charge in [0.05, 0.1) is 15.5 Å². The summed E-state index contributed by atoms with van der Waals surface area (Å²) in [6.07, 6.45) is 2.85. The van der Waals surface area contributed by atoms with Gasteiger partial charge >= 0.3 is 0 Å². The van der Waals surface area contributed by atoms with Crippen LogP contribution >= 0.6 is 11.3 Å². The minimum Gasteiger partial charge on any atom is -0.487 e. The molecule has 0 saturated heterocycles. The van der Waals surface area contributed by atoms with Gasteiger partial charge in [-0.1, -0.05) is 35.6 Å². The summed E-state index contributed by atoms with van der Waals surface area (Å²) in [6, 6.07) is 13.7. The second-order valence-corrected chi connectivity index (χ2v) is 6.83. The molecule has 0 saturated carbocycles. The van der Waals surface area contributed by atoms with E-state index in [4.69, 9.17) is 4.74 Å². The summed E-state index contributed by atoms with van der Waals surface area (Å²) < 4.78 is 5.69. The van der Waals surface area contributed by atoms with Crippen LogP contribution in [0.4, 0.5) is 10.8 Å². The Balaban J connectivity index is 1.49. The number of para-hydroxylation sites is 1. The largest absolute Gasteiger partial charge is 0.487 e. The lowest BCUT2D eigenvalue weighted by molar-refractivity contribution is -0.384. The molecule has 2 aromatic carbocycles. The zero-order valence-corrected chi connectivity index (χ0v) is 14.7. The molecule has 1 amide bonds. The number of fused-ring (bicyclic) bond motifs is 3. The fraction of sp³-hybridized carbons (Fsp3) is 0.0526. The Morgan fingerprint density at radius 3 is 2.96 bits per heavy atom. The summed E-state index contributed by atoms with van der Waals surface area (Å²) in [5.74, 6) is 0.417. The molecular formula is C19H13N3O4S. The van der Waals surface area contributed by atoms with Crippen molar-refractivity contribution in [1.29, 1.82) is 0 Å². The highest BCUT2D eigenvalue weighted by Gasteiger charge is 2.22. The van der Waals surface area contributed by atoms with Crippen molar-refractivity contribution >= 4 is 34.1 Å². The standard InChI is InChI=1S/C19H13N3O4S/c23-17(9-8-12-4-3-5-13(10-12)22(24)25)20-19-21-18-14-6-1-2-7-15(14)26-11-16(18)27-19/h1-10H,11H2,(H,20,21,23). The number of nitrogens with one attached hydrogen (secondary N) is 1. The van der Waals surface area contributed by atoms with Gasteiger partial charge in [0.1, 0.15) is 12.4 Å². The van der Waals surface area contributed by atoms with Gasteiger partial charge in [-0.05, 0) is 23.8 Å². The van der Waals surface area contributed by atoms with Crippen molar-refractivity contribution in [2.75, 3.05) is 5.32 Å². The van der Waals surface area contributed by atoms with E-state index >= 15 is 0 Å². The molecule has 1 aliphatic heterocycles. The number of thiazole rings is 1. The van der Waals surface area contributed by atoms with E-state index in [1.807, 2.05) is 24.3 Å². The molecular weight excluding hydrogens is 366 g/mol. The predicted molar refractivity (Wildman–Crippen MR) is 103 cm³/mol. The number of carbonyl (C=O) groups is 1. The number of nitro groups is 1. The normalized spacial score (nSPS) is 12.1. The SMILES string of the molecule is O=C(C=Cc1cccc([N+](=O)[O-])c1)Nc1nc2c(s1)COc1ccccc1-2. The third-order valence-electron chi connectivity index (χ3n) is 3.94. The molecule has 8 heteroatoms. The van der Waals surface area contributed by atoms with Gasteiger partial charge in [0.15, 0.2) is 5.13 Å². The molecule has 1 aliphatic rings. The zero-order valence-electron chi connectivity index (χ0n) is 13.9. The summed E-state index contributed by atoms with van der Waals surface area (Å²) >= 11 is 1.36. The van der Waals surface area contributed by atoms with Crippen molar-refractivity contribution in [1.82, 2.24) is 4.98 Å². The van der Waals surface area contributed by atoms with Crippen LogP contribution in [0.3, 0.4) is 0 Å². The lowest BCUT2D eigenvalue weighted by atomic mass is 10.1. The van der Waals surface area contributed by atoms with Crippen molar-refractivity contribution in [2.45, 2.75) is 6.61 Å². The van der Waals surface area contributed by atoms with Crippen LogP contribution in [0, 0.1) is 10.1 Å². The second kappa shape index (κ2) is 7.00. The third-order valence-corrected chi connectivity index (χ3v) is 4.88. The van der Waals surface area contributed by atoms with Gasteiger partial charge in [-0.3, -0.25) is 20.2 Å². The lowest BCUT2D eigenvalue weighted by Crippen LogP contribution is -2.07. The smallest absolute Gasteiger partial charge is 0.270 e. The number of anilines is 1. The molecule has 0 atom stereocenters. The summed E-state index contributed by atoms with van der Waals surface area (Å²) in [4.78, 5) is 28.0. The maximum Gasteiger partial charge on any atom is 0.270 e. The Bertz CT molecular complexity index is 1070. The number of hydrogen-bond acceptors (Lipinski definition) is 6. The van der Waals surface area contributed by atoms with Gasteiger partial charge in [-0.15, -0.1) is 0 Å². The molecule has 134 valence electrons. The molecule has 0 fully saturated rings. The summed E-state index contributed by atoms with van der Waals surface area (Å²) in [5.41, 5.74) is 2.27. The van der Waals surface area contributed by atoms with Gasteiger partial charge in [-0.25, -0.2) is 4.98 Å². The first kappa shape index (κ1) is 16.9. The molecule has 0 radical (unpaired) electrons. The van der Waals surface area contributed by atoms with Crippen LogP contribution in [-0.2, 0) is 11.4 Å². The monoisotopic (exact) mass is 379 g/mol. The van der Waals surface area contributed by atoms with E-state index < -0.39 is 4.92 Å². The highest BCUT2D eigenvalue weighted by Crippen LogP contribution is 2.40. The van der Waals surface area contributed by atoms with E-state index in [1.165, 1.54) is 35.6 Å². The zero-order chi connectivity index (χ0) is 18.8. The number of nitrogens with zero attached hydrogens (tertiary/aromatic N) is 2. The van der Waals surface area contributed by atoms with Crippen LogP contribution in [0.15, 0.2) is 54.6 Å². The number of amides is 1. The Morgan fingerprint density at radius 1 is 1.26 bits per heavy atom. The Kier molecular flexibility index (Phi) is 4.39. The van der Waals surface area contributed by atoms with E-state index in [1.54, 1.807) is 12.1 Å². The average Bonchev–Trinajstić information content (AvgIpc) is 3.09. The Labute approximate surface area is 158 Å². The summed E-state index contributed by atoms with van der Waals surface area (Å²) in [6.45, 7) is 0.420. The van der Waals surface area contributed by atoms with E-state index in [9.17, 15) is 14.9 Å². The van der Waals surface area contributed by atoms with Crippen LogP contribution in [0.5, 0.6) is 5.75 Å². The van der Waals surface area contributed by atoms with E-state index in [0.717, 1.165) is 21.9 Å². The predicted octanol–water partition coefficient (Wildman–Crippen LogP) is 4.26. The number of rotatable bonds is 4. The third kappa shape index (κ3) is 3.56. The first-order valence-corrected chi connectivity index (χ1v) is 8.87. The van der Waals surface area contributed by atoms with Crippen LogP contribution < -0.4 is 10.1 Å². The molecule has 0 spiro atoms. The molecule has 4 rings (SSSR count). The van der Waals surface area contributed by atoms with Crippen LogP contribution in [0.25, 0.3) is 17.3 Å². The number of non-ortho nitro benzene ring substituents is 1. The maximum atomic E-state index is 12.2. The van der Waals surface area contributed by atoms with Gasteiger partial charge in [0, 0.05) is 23.8 Å². The van der Waals surface area contributed by atoms with Gasteiger partial charge in [0.25, 0.3) is 5.69 Å². The first-order chi connectivity index (χ1) is 13.1. The molecule has 0 bridgehead atoms. The van der Waals surface area contributed by atoms with Gasteiger partial charge in [-0.2, -0.15) is 0 Å². The minimum atomic E-state index is -0.475. The van der Waals surface area contributed by atoms with Gasteiger partial charge in [0.2, 0.25) is 5.91 Å². The van der Waals surface area contributed by atoms with Crippen molar-refractivity contribution < 1.29 is 14.5 Å². The fourth-order valence-electron chi connectivity index (χ4n) is 2.71. The Morgan fingerprint density at radius 2 is 2.11 bits per heavy atom. The number of hydrogen-bond donors (Lipinski definition) is 1. The van der Waals surface area contributed by atoms with E-state index in [2.05, 4.69) is 10.3 Å². The quantitative estimate of drug-likeness (QED) is 0.415. The number of nitro benzene ring substituents is 1. The molecule has 1 N–H and O–H groups in total. The molecule has 1 aromatic heterocycles. The van der Waals surface area contributed by atoms with E-state index in [-0.39, 0.29) is 11.6 Å². The molecule has 27 heavy (non-hydrogen) atoms. The summed E-state index contributed by atoms with van der Waals surface area (Å²) in [5, 5.41) is 14.0. The topological polar surface area (TPSA) is 94.4 Å². The van der Waals surface area contributed by atoms with Gasteiger partial charge < -0.3 is 4.74 Å². The first-order valence-electron chi connectivity index (χ1n) is 8.05. The van der Waals surface area contributed by atoms with Crippen molar-refractivity contribution in [2.24, 2.45) is 0 Å². The number of aromatic nitrogens is 1. The maximum absolute atomic E-state index is 12.2. The lowest BCUT2D eigenvalue weighted by Gasteiger charge is -2.15. The fourth-order valence-corrected chi connectivity index (χ4v) is 3.60. The second-order valence-electron chi connectivity index (χ2n) is 5.75. The molecule has 0 aliphatic carbocycles. The Hall–Kier alpha value is -3.52. The molecule has 7 nitrogen and oxygen atoms in total. The van der Waals surface area contributed by atoms with Crippen molar-refractivity contribution in [3.05, 3.63) is 75.2 Å². The van der Waals surface area contributed by atoms with Crippen molar-refractivity contribution in [3.8, 4) is 17.0 Å². The minimum absolute atomic E-state index is 0.0242. The number of ether oxygens (including phenoxy) is 1. The number of benzene rings is 2. The molecule has 2 heterocycles. The van der Waals surface area contributed by atoms with Crippen LogP contribution in [0.2, 0.25) is 0 Å².